The van der Waals surface area contributed by atoms with Crippen molar-refractivity contribution in [2.75, 3.05) is 27.2 Å². The summed E-state index contributed by atoms with van der Waals surface area (Å²) in [6.45, 7) is 1.13. The lowest BCUT2D eigenvalue weighted by atomic mass is 9.99. The van der Waals surface area contributed by atoms with Crippen LogP contribution in [0.4, 0.5) is 4.79 Å². The third-order valence-electron chi connectivity index (χ3n) is 5.39. The zero-order valence-electron chi connectivity index (χ0n) is 14.3. The molecule has 3 fully saturated rings. The Bertz CT molecular complexity index is 446. The molecular weight excluding hydrogens is 294 g/mol. The van der Waals surface area contributed by atoms with Crippen molar-refractivity contribution < 1.29 is 14.3 Å². The molecule has 3 atom stereocenters. The van der Waals surface area contributed by atoms with Crippen LogP contribution in [0.15, 0.2) is 0 Å². The van der Waals surface area contributed by atoms with E-state index in [1.54, 1.807) is 19.0 Å². The van der Waals surface area contributed by atoms with Gasteiger partial charge in [-0.2, -0.15) is 0 Å². The highest BCUT2D eigenvalue weighted by Crippen LogP contribution is 2.33. The quantitative estimate of drug-likeness (QED) is 0.785. The second kappa shape index (κ2) is 7.07. The van der Waals surface area contributed by atoms with E-state index in [0.29, 0.717) is 19.1 Å². The number of hydrogen-bond donors (Lipinski definition) is 1. The van der Waals surface area contributed by atoms with Crippen LogP contribution in [0.1, 0.15) is 44.9 Å². The summed E-state index contributed by atoms with van der Waals surface area (Å²) < 4.78 is 5.90. The first kappa shape index (κ1) is 16.6. The minimum absolute atomic E-state index is 0.00235. The van der Waals surface area contributed by atoms with E-state index >= 15 is 0 Å². The van der Waals surface area contributed by atoms with Crippen LogP contribution in [0.5, 0.6) is 0 Å². The van der Waals surface area contributed by atoms with Crippen molar-refractivity contribution in [1.29, 1.82) is 0 Å². The number of likely N-dealkylation sites (tertiary alicyclic amines) is 1. The van der Waals surface area contributed by atoms with Crippen LogP contribution in [0.25, 0.3) is 0 Å². The number of ether oxygens (including phenoxy) is 1. The van der Waals surface area contributed by atoms with Gasteiger partial charge in [0.15, 0.2) is 0 Å². The number of fused-ring (bicyclic) bond motifs is 2. The highest BCUT2D eigenvalue weighted by Gasteiger charge is 2.46. The molecule has 6 nitrogen and oxygen atoms in total. The number of nitrogens with zero attached hydrogens (tertiary/aromatic N) is 2. The lowest BCUT2D eigenvalue weighted by molar-refractivity contribution is -0.135. The Morgan fingerprint density at radius 2 is 1.78 bits per heavy atom. The molecule has 3 amide bonds. The molecule has 0 radical (unpaired) electrons. The average Bonchev–Trinajstić information content (AvgIpc) is 2.70. The van der Waals surface area contributed by atoms with E-state index in [1.807, 2.05) is 4.90 Å². The fourth-order valence-corrected chi connectivity index (χ4v) is 4.10. The SMILES string of the molecule is CN(C)C(=O)[C@@H]1C[C@H]2CN(C(=O)NC3CCCCCC3)C[C@H]1O2. The van der Waals surface area contributed by atoms with Crippen LogP contribution in [0.2, 0.25) is 0 Å². The first-order chi connectivity index (χ1) is 11.0. The number of carbonyl (C=O) groups is 2. The Morgan fingerprint density at radius 1 is 1.09 bits per heavy atom. The van der Waals surface area contributed by atoms with Crippen LogP contribution in [-0.4, -0.2) is 67.2 Å². The van der Waals surface area contributed by atoms with Crippen LogP contribution in [0, 0.1) is 5.92 Å². The number of morpholine rings is 1. The van der Waals surface area contributed by atoms with E-state index in [4.69, 9.17) is 4.74 Å². The molecule has 2 bridgehead atoms. The van der Waals surface area contributed by atoms with Gasteiger partial charge in [0.1, 0.15) is 0 Å². The third-order valence-corrected chi connectivity index (χ3v) is 5.39. The van der Waals surface area contributed by atoms with Gasteiger partial charge >= 0.3 is 6.03 Å². The Hall–Kier alpha value is -1.30. The van der Waals surface area contributed by atoms with Crippen molar-refractivity contribution in [3.63, 3.8) is 0 Å². The smallest absolute Gasteiger partial charge is 0.317 e. The van der Waals surface area contributed by atoms with Gasteiger partial charge in [0.2, 0.25) is 5.91 Å². The first-order valence-electron chi connectivity index (χ1n) is 8.96. The van der Waals surface area contributed by atoms with Crippen molar-refractivity contribution in [2.45, 2.75) is 63.2 Å². The Kier molecular flexibility index (Phi) is 5.09. The molecule has 130 valence electrons. The fourth-order valence-electron chi connectivity index (χ4n) is 4.10. The Labute approximate surface area is 138 Å². The number of hydrogen-bond acceptors (Lipinski definition) is 3. The van der Waals surface area contributed by atoms with E-state index in [2.05, 4.69) is 5.32 Å². The molecule has 0 aromatic carbocycles. The molecule has 1 N–H and O–H groups in total. The largest absolute Gasteiger partial charge is 0.370 e. The molecule has 23 heavy (non-hydrogen) atoms. The number of amides is 3. The second-order valence-electron chi connectivity index (χ2n) is 7.41. The van der Waals surface area contributed by atoms with Gasteiger partial charge in [0.05, 0.1) is 18.1 Å². The summed E-state index contributed by atoms with van der Waals surface area (Å²) in [5, 5.41) is 3.20. The van der Waals surface area contributed by atoms with Crippen molar-refractivity contribution in [2.24, 2.45) is 5.92 Å². The monoisotopic (exact) mass is 323 g/mol. The van der Waals surface area contributed by atoms with E-state index in [-0.39, 0.29) is 30.1 Å². The molecule has 2 saturated heterocycles. The molecule has 1 saturated carbocycles. The lowest BCUT2D eigenvalue weighted by Gasteiger charge is -2.34. The van der Waals surface area contributed by atoms with Crippen LogP contribution in [-0.2, 0) is 9.53 Å². The topological polar surface area (TPSA) is 61.9 Å². The van der Waals surface area contributed by atoms with Crippen LogP contribution < -0.4 is 5.32 Å². The highest BCUT2D eigenvalue weighted by molar-refractivity contribution is 5.80. The zero-order valence-corrected chi connectivity index (χ0v) is 14.3. The fraction of sp³-hybridized carbons (Fsp3) is 0.882. The third kappa shape index (κ3) is 3.79. The molecule has 2 aliphatic heterocycles. The summed E-state index contributed by atoms with van der Waals surface area (Å²) in [4.78, 5) is 28.3. The van der Waals surface area contributed by atoms with Gasteiger partial charge in [-0.05, 0) is 19.3 Å². The lowest BCUT2D eigenvalue weighted by Crippen LogP contribution is -2.53. The van der Waals surface area contributed by atoms with Gasteiger partial charge in [0, 0.05) is 33.2 Å². The van der Waals surface area contributed by atoms with E-state index < -0.39 is 0 Å². The molecule has 0 aromatic rings. The van der Waals surface area contributed by atoms with Gasteiger partial charge in [0.25, 0.3) is 0 Å². The maximum absolute atomic E-state index is 12.6. The molecule has 0 aromatic heterocycles. The first-order valence-corrected chi connectivity index (χ1v) is 8.96. The standard InChI is InChI=1S/C17H29N3O3/c1-19(2)16(21)14-9-13-10-20(11-15(14)23-13)17(22)18-12-7-5-3-4-6-8-12/h12-15H,3-11H2,1-2H3,(H,18,22)/t13-,14+,15+/m0/s1. The van der Waals surface area contributed by atoms with Gasteiger partial charge in [-0.3, -0.25) is 4.79 Å². The number of rotatable bonds is 2. The summed E-state index contributed by atoms with van der Waals surface area (Å²) in [7, 11) is 3.56. The molecule has 1 aliphatic carbocycles. The van der Waals surface area contributed by atoms with Crippen molar-refractivity contribution in [1.82, 2.24) is 15.1 Å². The molecule has 3 rings (SSSR count). The molecular formula is C17H29N3O3. The summed E-state index contributed by atoms with van der Waals surface area (Å²) >= 11 is 0. The van der Waals surface area contributed by atoms with Crippen molar-refractivity contribution in [3.05, 3.63) is 0 Å². The molecule has 0 unspecified atom stereocenters. The van der Waals surface area contributed by atoms with Crippen LogP contribution >= 0.6 is 0 Å². The Morgan fingerprint density at radius 3 is 2.43 bits per heavy atom. The molecule has 0 spiro atoms. The van der Waals surface area contributed by atoms with Gasteiger partial charge < -0.3 is 19.9 Å². The van der Waals surface area contributed by atoms with Gasteiger partial charge in [-0.25, -0.2) is 4.79 Å². The maximum atomic E-state index is 12.6. The van der Waals surface area contributed by atoms with Crippen LogP contribution in [0.3, 0.4) is 0 Å². The number of urea groups is 1. The summed E-state index contributed by atoms with van der Waals surface area (Å²) in [6, 6.07) is 0.331. The normalized spacial score (nSPS) is 31.6. The predicted octanol–water partition coefficient (Wildman–Crippen LogP) is 1.60. The summed E-state index contributed by atoms with van der Waals surface area (Å²) in [5.74, 6) is 0.00852. The number of nitrogens with one attached hydrogen (secondary N) is 1. The average molecular weight is 323 g/mol. The van der Waals surface area contributed by atoms with Gasteiger partial charge in [-0.1, -0.05) is 25.7 Å². The minimum atomic E-state index is -0.150. The summed E-state index contributed by atoms with van der Waals surface area (Å²) in [5.41, 5.74) is 0. The zero-order chi connectivity index (χ0) is 16.4. The highest BCUT2D eigenvalue weighted by atomic mass is 16.5. The molecule has 3 aliphatic rings. The summed E-state index contributed by atoms with van der Waals surface area (Å²) in [6.07, 6.45) is 7.73. The van der Waals surface area contributed by atoms with Crippen molar-refractivity contribution >= 4 is 11.9 Å². The second-order valence-corrected chi connectivity index (χ2v) is 7.41. The van der Waals surface area contributed by atoms with E-state index in [1.165, 1.54) is 25.7 Å². The van der Waals surface area contributed by atoms with Crippen molar-refractivity contribution in [3.8, 4) is 0 Å². The van der Waals surface area contributed by atoms with Gasteiger partial charge in [-0.15, -0.1) is 0 Å². The molecule has 6 heteroatoms. The van der Waals surface area contributed by atoms with E-state index in [9.17, 15) is 9.59 Å². The maximum Gasteiger partial charge on any atom is 0.317 e. The predicted molar refractivity (Wildman–Crippen MR) is 87.1 cm³/mol. The van der Waals surface area contributed by atoms with E-state index in [0.717, 1.165) is 19.3 Å². The molecule has 2 heterocycles. The Balaban J connectivity index is 1.56. The number of carbonyl (C=O) groups excluding carboxylic acids is 2. The minimum Gasteiger partial charge on any atom is -0.370 e.